The summed E-state index contributed by atoms with van der Waals surface area (Å²) in [5, 5.41) is 24.2. The summed E-state index contributed by atoms with van der Waals surface area (Å²) in [5.74, 6) is 1.28. The normalized spacial score (nSPS) is 10.9. The highest BCUT2D eigenvalue weighted by Crippen LogP contribution is 2.34. The molecule has 1 heterocycles. The van der Waals surface area contributed by atoms with Crippen LogP contribution in [-0.4, -0.2) is 51.8 Å². The number of methoxy groups -OCH3 is 2. The van der Waals surface area contributed by atoms with E-state index < -0.39 is 10.8 Å². The van der Waals surface area contributed by atoms with E-state index in [0.717, 1.165) is 11.3 Å². The molecule has 0 aliphatic rings. The van der Waals surface area contributed by atoms with Crippen molar-refractivity contribution >= 4 is 29.6 Å². The molecule has 0 aliphatic carbocycles. The third-order valence-electron chi connectivity index (χ3n) is 5.15. The number of nitrogens with one attached hydrogen (secondary N) is 1. The van der Waals surface area contributed by atoms with Crippen LogP contribution in [0.4, 0.5) is 5.69 Å². The summed E-state index contributed by atoms with van der Waals surface area (Å²) in [4.78, 5) is 23.1. The fraction of sp³-hybridized carbons (Fsp3) is 0.120. The summed E-state index contributed by atoms with van der Waals surface area (Å²) in [6, 6.07) is 21.1. The molecule has 0 radical (unpaired) electrons. The van der Waals surface area contributed by atoms with E-state index in [2.05, 4.69) is 20.7 Å². The average Bonchev–Trinajstić information content (AvgIpc) is 3.36. The topological polar surface area (TPSA) is 134 Å². The molecule has 0 atom stereocenters. The van der Waals surface area contributed by atoms with E-state index in [1.54, 1.807) is 44.6 Å². The first-order chi connectivity index (χ1) is 18.0. The Bertz CT molecular complexity index is 1440. The van der Waals surface area contributed by atoms with E-state index in [4.69, 9.17) is 9.47 Å². The highest BCUT2D eigenvalue weighted by Gasteiger charge is 2.19. The summed E-state index contributed by atoms with van der Waals surface area (Å²) in [7, 11) is 3.12. The second-order valence-electron chi connectivity index (χ2n) is 7.44. The summed E-state index contributed by atoms with van der Waals surface area (Å²) in [5.41, 5.74) is 4.13. The van der Waals surface area contributed by atoms with Crippen molar-refractivity contribution in [3.8, 4) is 28.6 Å². The standard InChI is InChI=1S/C25H22N6O5S/c1-35-21-13-12-17(14-22(21)36-2)24-28-29-25(30(24)19-9-4-3-5-10-19)37-16-23(32)27-26-15-18-8-6-7-11-20(18)31(33)34/h3-15H,16H2,1-2H3,(H,27,32)/b26-15+. The highest BCUT2D eigenvalue weighted by molar-refractivity contribution is 7.99. The predicted molar refractivity (Wildman–Crippen MR) is 139 cm³/mol. The molecule has 37 heavy (non-hydrogen) atoms. The number of nitrogens with zero attached hydrogens (tertiary/aromatic N) is 5. The number of nitro groups is 1. The van der Waals surface area contributed by atoms with Crippen molar-refractivity contribution in [3.05, 3.63) is 88.5 Å². The Balaban J connectivity index is 1.54. The number of aromatic nitrogens is 3. The smallest absolute Gasteiger partial charge is 0.278 e. The number of nitro benzene ring substituents is 1. The van der Waals surface area contributed by atoms with Crippen molar-refractivity contribution in [1.82, 2.24) is 20.2 Å². The molecule has 1 N–H and O–H groups in total. The minimum atomic E-state index is -0.509. The molecule has 11 nitrogen and oxygen atoms in total. The van der Waals surface area contributed by atoms with Crippen LogP contribution < -0.4 is 14.9 Å². The zero-order valence-corrected chi connectivity index (χ0v) is 20.7. The van der Waals surface area contributed by atoms with E-state index in [1.165, 1.54) is 24.0 Å². The lowest BCUT2D eigenvalue weighted by molar-refractivity contribution is -0.385. The van der Waals surface area contributed by atoms with E-state index in [1.807, 2.05) is 41.0 Å². The number of ether oxygens (including phenoxy) is 2. The molecule has 12 heteroatoms. The van der Waals surface area contributed by atoms with Gasteiger partial charge in [0, 0.05) is 17.3 Å². The van der Waals surface area contributed by atoms with E-state index in [0.29, 0.717) is 22.5 Å². The molecule has 0 saturated carbocycles. The lowest BCUT2D eigenvalue weighted by Crippen LogP contribution is -2.20. The molecular formula is C25H22N6O5S. The summed E-state index contributed by atoms with van der Waals surface area (Å²) in [6.07, 6.45) is 1.24. The lowest BCUT2D eigenvalue weighted by Gasteiger charge is -2.12. The monoisotopic (exact) mass is 518 g/mol. The maximum absolute atomic E-state index is 12.4. The Morgan fingerprint density at radius 3 is 2.51 bits per heavy atom. The van der Waals surface area contributed by atoms with Crippen LogP contribution in [0.15, 0.2) is 83.1 Å². The molecule has 0 spiro atoms. The second-order valence-corrected chi connectivity index (χ2v) is 8.39. The number of hydrogen-bond donors (Lipinski definition) is 1. The number of hydrazone groups is 1. The van der Waals surface area contributed by atoms with Gasteiger partial charge < -0.3 is 9.47 Å². The first kappa shape index (κ1) is 25.4. The number of para-hydroxylation sites is 2. The molecule has 1 aromatic heterocycles. The molecule has 1 amide bonds. The fourth-order valence-corrected chi connectivity index (χ4v) is 4.18. The van der Waals surface area contributed by atoms with Crippen LogP contribution in [0, 0.1) is 10.1 Å². The SMILES string of the molecule is COc1ccc(-c2nnc(SCC(=O)N/N=C/c3ccccc3[N+](=O)[O-])n2-c2ccccc2)cc1OC. The Morgan fingerprint density at radius 2 is 1.78 bits per heavy atom. The van der Waals surface area contributed by atoms with Crippen LogP contribution in [0.2, 0.25) is 0 Å². The summed E-state index contributed by atoms with van der Waals surface area (Å²) >= 11 is 1.18. The quantitative estimate of drug-likeness (QED) is 0.144. The van der Waals surface area contributed by atoms with E-state index >= 15 is 0 Å². The van der Waals surface area contributed by atoms with E-state index in [-0.39, 0.29) is 17.0 Å². The van der Waals surface area contributed by atoms with Crippen molar-refractivity contribution in [1.29, 1.82) is 0 Å². The number of carbonyl (C=O) groups excluding carboxylic acids is 1. The Morgan fingerprint density at radius 1 is 1.05 bits per heavy atom. The molecular weight excluding hydrogens is 496 g/mol. The van der Waals surface area contributed by atoms with Gasteiger partial charge >= 0.3 is 0 Å². The van der Waals surface area contributed by atoms with Crippen molar-refractivity contribution in [2.45, 2.75) is 5.16 Å². The largest absolute Gasteiger partial charge is 0.493 e. The number of thioether (sulfide) groups is 1. The molecule has 188 valence electrons. The van der Waals surface area contributed by atoms with Gasteiger partial charge in [0.05, 0.1) is 36.7 Å². The van der Waals surface area contributed by atoms with Crippen molar-refractivity contribution in [3.63, 3.8) is 0 Å². The van der Waals surface area contributed by atoms with Gasteiger partial charge in [0.15, 0.2) is 22.5 Å². The van der Waals surface area contributed by atoms with Crippen LogP contribution in [0.1, 0.15) is 5.56 Å². The molecule has 4 aromatic rings. The third-order valence-corrected chi connectivity index (χ3v) is 6.08. The Labute approximate surface area is 216 Å². The van der Waals surface area contributed by atoms with Gasteiger partial charge in [0.1, 0.15) is 0 Å². The van der Waals surface area contributed by atoms with Gasteiger partial charge in [-0.05, 0) is 36.4 Å². The van der Waals surface area contributed by atoms with Gasteiger partial charge in [0.25, 0.3) is 11.6 Å². The van der Waals surface area contributed by atoms with Gasteiger partial charge in [-0.3, -0.25) is 19.5 Å². The average molecular weight is 519 g/mol. The van der Waals surface area contributed by atoms with Crippen LogP contribution in [0.5, 0.6) is 11.5 Å². The molecule has 0 fully saturated rings. The van der Waals surface area contributed by atoms with Crippen LogP contribution >= 0.6 is 11.8 Å². The number of benzene rings is 3. The molecule has 0 unspecified atom stereocenters. The van der Waals surface area contributed by atoms with Gasteiger partial charge in [-0.2, -0.15) is 5.10 Å². The van der Waals surface area contributed by atoms with Crippen molar-refractivity contribution in [2.24, 2.45) is 5.10 Å². The summed E-state index contributed by atoms with van der Waals surface area (Å²) in [6.45, 7) is 0. The van der Waals surface area contributed by atoms with Gasteiger partial charge in [-0.1, -0.05) is 42.1 Å². The molecule has 3 aromatic carbocycles. The van der Waals surface area contributed by atoms with Crippen LogP contribution in [-0.2, 0) is 4.79 Å². The lowest BCUT2D eigenvalue weighted by atomic mass is 10.2. The molecule has 0 bridgehead atoms. The zero-order valence-electron chi connectivity index (χ0n) is 19.9. The number of rotatable bonds is 10. The molecule has 0 saturated heterocycles. The zero-order chi connectivity index (χ0) is 26.2. The molecule has 4 rings (SSSR count). The van der Waals surface area contributed by atoms with Crippen molar-refractivity contribution < 1.29 is 19.2 Å². The Hall–Kier alpha value is -4.71. The first-order valence-corrected chi connectivity index (χ1v) is 11.9. The maximum Gasteiger partial charge on any atom is 0.278 e. The second kappa shape index (κ2) is 11.8. The third kappa shape index (κ3) is 5.93. The van der Waals surface area contributed by atoms with Crippen LogP contribution in [0.3, 0.4) is 0 Å². The minimum absolute atomic E-state index is 0.00881. The summed E-state index contributed by atoms with van der Waals surface area (Å²) < 4.78 is 12.6. The van der Waals surface area contributed by atoms with Gasteiger partial charge in [0.2, 0.25) is 0 Å². The van der Waals surface area contributed by atoms with E-state index in [9.17, 15) is 14.9 Å². The van der Waals surface area contributed by atoms with Crippen molar-refractivity contribution in [2.75, 3.05) is 20.0 Å². The fourth-order valence-electron chi connectivity index (χ4n) is 3.43. The predicted octanol–water partition coefficient (Wildman–Crippen LogP) is 4.10. The number of carbonyl (C=O) groups is 1. The highest BCUT2D eigenvalue weighted by atomic mass is 32.2. The maximum atomic E-state index is 12.4. The number of hydrogen-bond acceptors (Lipinski definition) is 9. The van der Waals surface area contributed by atoms with Gasteiger partial charge in [-0.15, -0.1) is 10.2 Å². The first-order valence-electron chi connectivity index (χ1n) is 10.9. The minimum Gasteiger partial charge on any atom is -0.493 e. The van der Waals surface area contributed by atoms with Crippen LogP contribution in [0.25, 0.3) is 17.1 Å². The molecule has 0 aliphatic heterocycles. The Kier molecular flexibility index (Phi) is 8.11. The van der Waals surface area contributed by atoms with Gasteiger partial charge in [-0.25, -0.2) is 5.43 Å². The number of amides is 1.